The van der Waals surface area contributed by atoms with Gasteiger partial charge in [-0.25, -0.2) is 28.7 Å². The molecule has 12 heteroatoms. The molecule has 3 aromatic heterocycles. The number of benzene rings is 1. The van der Waals surface area contributed by atoms with E-state index in [4.69, 9.17) is 10.2 Å². The molecule has 40 heavy (non-hydrogen) atoms. The molecule has 0 amide bonds. The van der Waals surface area contributed by atoms with Gasteiger partial charge < -0.3 is 20.0 Å². The molecular formula is C28H33F2N9O. The van der Waals surface area contributed by atoms with E-state index in [1.54, 1.807) is 13.0 Å². The Kier molecular flexibility index (Phi) is 7.61. The van der Waals surface area contributed by atoms with E-state index in [1.165, 1.54) is 6.07 Å². The monoisotopic (exact) mass is 549 g/mol. The summed E-state index contributed by atoms with van der Waals surface area (Å²) in [6, 6.07) is 6.89. The standard InChI is InChI=1S/C28H33F2N9O/c1-16(2)39-17(3)32-27-21(29)12-20(13-24(27)39)26-22(30)14-31-28(35-26)34-25-7-6-19-15-38(9-8-23(19)33-25)11-10-37(5)18(4)36-40/h6-7,12-14,16,40H,8-11,15H2,1-5H3,(H,31,33,34,35)/b36-18+. The molecule has 0 unspecified atom stereocenters. The summed E-state index contributed by atoms with van der Waals surface area (Å²) < 4.78 is 31.8. The number of halogens is 2. The van der Waals surface area contributed by atoms with Crippen LogP contribution in [-0.4, -0.2) is 72.0 Å². The van der Waals surface area contributed by atoms with E-state index in [0.717, 1.165) is 50.1 Å². The highest BCUT2D eigenvalue weighted by Crippen LogP contribution is 2.30. The number of likely N-dealkylation sites (N-methyl/N-ethyl adjacent to an activating group) is 1. The molecule has 0 atom stereocenters. The normalized spacial score (nSPS) is 14.2. The number of hydrogen-bond donors (Lipinski definition) is 2. The average Bonchev–Trinajstić information content (AvgIpc) is 3.28. The molecule has 0 aliphatic carbocycles. The fraction of sp³-hybridized carbons (Fsp3) is 0.393. The number of amidine groups is 1. The summed E-state index contributed by atoms with van der Waals surface area (Å²) >= 11 is 0. The number of anilines is 2. The lowest BCUT2D eigenvalue weighted by Crippen LogP contribution is -2.38. The van der Waals surface area contributed by atoms with Crippen LogP contribution in [0, 0.1) is 18.6 Å². The van der Waals surface area contributed by atoms with Crippen molar-refractivity contribution in [2.24, 2.45) is 5.16 Å². The zero-order valence-corrected chi connectivity index (χ0v) is 23.3. The quantitative estimate of drug-likeness (QED) is 0.145. The van der Waals surface area contributed by atoms with E-state index < -0.39 is 11.6 Å². The summed E-state index contributed by atoms with van der Waals surface area (Å²) in [6.45, 7) is 10.8. The maximum atomic E-state index is 15.0. The second-order valence-electron chi connectivity index (χ2n) is 10.4. The highest BCUT2D eigenvalue weighted by Gasteiger charge is 2.20. The number of hydrogen-bond acceptors (Lipinski definition) is 8. The van der Waals surface area contributed by atoms with Crippen LogP contribution in [0.25, 0.3) is 22.3 Å². The minimum atomic E-state index is -0.652. The van der Waals surface area contributed by atoms with Crippen LogP contribution in [0.2, 0.25) is 0 Å². The Balaban J connectivity index is 1.35. The Morgan fingerprint density at radius 3 is 2.73 bits per heavy atom. The van der Waals surface area contributed by atoms with Gasteiger partial charge in [-0.2, -0.15) is 0 Å². The summed E-state index contributed by atoms with van der Waals surface area (Å²) in [5.74, 6) is 0.793. The Morgan fingerprint density at radius 1 is 1.18 bits per heavy atom. The van der Waals surface area contributed by atoms with Crippen molar-refractivity contribution in [1.29, 1.82) is 0 Å². The van der Waals surface area contributed by atoms with Gasteiger partial charge in [0.2, 0.25) is 5.95 Å². The molecule has 1 aliphatic heterocycles. The smallest absolute Gasteiger partial charge is 0.229 e. The molecule has 0 bridgehead atoms. The third-order valence-corrected chi connectivity index (χ3v) is 7.27. The largest absolute Gasteiger partial charge is 0.409 e. The van der Waals surface area contributed by atoms with E-state index in [0.29, 0.717) is 28.6 Å². The van der Waals surface area contributed by atoms with Crippen LogP contribution >= 0.6 is 0 Å². The number of fused-ring (bicyclic) bond motifs is 2. The zero-order valence-electron chi connectivity index (χ0n) is 23.3. The second kappa shape index (κ2) is 11.1. The third kappa shape index (κ3) is 5.44. The molecule has 4 aromatic rings. The lowest BCUT2D eigenvalue weighted by Gasteiger charge is -2.30. The highest BCUT2D eigenvalue weighted by molar-refractivity contribution is 5.83. The van der Waals surface area contributed by atoms with Gasteiger partial charge in [0.1, 0.15) is 28.7 Å². The molecule has 10 nitrogen and oxygen atoms in total. The number of nitrogens with one attached hydrogen (secondary N) is 1. The van der Waals surface area contributed by atoms with E-state index in [9.17, 15) is 4.39 Å². The van der Waals surface area contributed by atoms with Crippen molar-refractivity contribution in [1.82, 2.24) is 34.3 Å². The van der Waals surface area contributed by atoms with E-state index in [2.05, 4.69) is 30.3 Å². The molecule has 210 valence electrons. The molecule has 0 fully saturated rings. The fourth-order valence-corrected chi connectivity index (χ4v) is 5.07. The van der Waals surface area contributed by atoms with Crippen LogP contribution in [0.15, 0.2) is 35.6 Å². The topological polar surface area (TPSA) is 108 Å². The first-order valence-electron chi connectivity index (χ1n) is 13.2. The van der Waals surface area contributed by atoms with Crippen LogP contribution in [-0.2, 0) is 13.0 Å². The van der Waals surface area contributed by atoms with Gasteiger partial charge in [-0.05, 0) is 51.5 Å². The first-order valence-corrected chi connectivity index (χ1v) is 13.2. The van der Waals surface area contributed by atoms with Crippen LogP contribution in [0.1, 0.15) is 43.9 Å². The third-order valence-electron chi connectivity index (χ3n) is 7.27. The number of imidazole rings is 1. The number of rotatable bonds is 7. The molecular weight excluding hydrogens is 516 g/mol. The van der Waals surface area contributed by atoms with Gasteiger partial charge in [-0.15, -0.1) is 0 Å². The number of oxime groups is 1. The zero-order chi connectivity index (χ0) is 28.6. The summed E-state index contributed by atoms with van der Waals surface area (Å²) in [6.07, 6.45) is 1.85. The van der Waals surface area contributed by atoms with Gasteiger partial charge in [0.05, 0.1) is 11.7 Å². The fourth-order valence-electron chi connectivity index (χ4n) is 5.07. The molecule has 0 saturated carbocycles. The number of aryl methyl sites for hydroxylation is 1. The molecule has 4 heterocycles. The molecule has 1 aliphatic rings. The summed E-state index contributed by atoms with van der Waals surface area (Å²) in [4.78, 5) is 21.8. The van der Waals surface area contributed by atoms with E-state index >= 15 is 4.39 Å². The highest BCUT2D eigenvalue weighted by atomic mass is 19.1. The summed E-state index contributed by atoms with van der Waals surface area (Å²) in [5.41, 5.74) is 3.25. The number of pyridine rings is 1. The summed E-state index contributed by atoms with van der Waals surface area (Å²) in [7, 11) is 1.89. The summed E-state index contributed by atoms with van der Waals surface area (Å²) in [5, 5.41) is 15.3. The first kappa shape index (κ1) is 27.4. The predicted octanol–water partition coefficient (Wildman–Crippen LogP) is 4.90. The maximum Gasteiger partial charge on any atom is 0.229 e. The van der Waals surface area contributed by atoms with Gasteiger partial charge in [0.25, 0.3) is 0 Å². The van der Waals surface area contributed by atoms with Crippen molar-refractivity contribution in [3.05, 3.63) is 59.2 Å². The molecule has 5 rings (SSSR count). The molecule has 0 saturated heterocycles. The average molecular weight is 550 g/mol. The van der Waals surface area contributed by atoms with Crippen LogP contribution in [0.3, 0.4) is 0 Å². The lowest BCUT2D eigenvalue weighted by molar-refractivity contribution is 0.232. The van der Waals surface area contributed by atoms with Crippen molar-refractivity contribution in [3.63, 3.8) is 0 Å². The van der Waals surface area contributed by atoms with Crippen molar-refractivity contribution in [3.8, 4) is 11.3 Å². The number of aromatic nitrogens is 5. The van der Waals surface area contributed by atoms with Crippen molar-refractivity contribution in [2.75, 3.05) is 32.0 Å². The minimum Gasteiger partial charge on any atom is -0.409 e. The van der Waals surface area contributed by atoms with Gasteiger partial charge in [-0.1, -0.05) is 11.2 Å². The van der Waals surface area contributed by atoms with Crippen LogP contribution in [0.4, 0.5) is 20.5 Å². The lowest BCUT2D eigenvalue weighted by atomic mass is 10.1. The maximum absolute atomic E-state index is 15.0. The van der Waals surface area contributed by atoms with Gasteiger partial charge >= 0.3 is 0 Å². The first-order chi connectivity index (χ1) is 19.1. The van der Waals surface area contributed by atoms with Crippen molar-refractivity contribution >= 4 is 28.6 Å². The van der Waals surface area contributed by atoms with Gasteiger partial charge in [0, 0.05) is 56.9 Å². The van der Waals surface area contributed by atoms with Crippen molar-refractivity contribution in [2.45, 2.75) is 46.7 Å². The second-order valence-corrected chi connectivity index (χ2v) is 10.4. The molecule has 0 spiro atoms. The minimum absolute atomic E-state index is 0.00694. The Hall–Kier alpha value is -4.19. The Bertz CT molecular complexity index is 1580. The molecule has 0 radical (unpaired) electrons. The van der Waals surface area contributed by atoms with Gasteiger partial charge in [0.15, 0.2) is 11.6 Å². The Labute approximate surface area is 231 Å². The van der Waals surface area contributed by atoms with E-state index in [-0.39, 0.29) is 23.2 Å². The van der Waals surface area contributed by atoms with E-state index in [1.807, 2.05) is 49.4 Å². The van der Waals surface area contributed by atoms with Gasteiger partial charge in [-0.3, -0.25) is 4.90 Å². The number of nitrogens with zero attached hydrogens (tertiary/aromatic N) is 8. The van der Waals surface area contributed by atoms with Crippen LogP contribution in [0.5, 0.6) is 0 Å². The van der Waals surface area contributed by atoms with Crippen LogP contribution < -0.4 is 5.32 Å². The predicted molar refractivity (Wildman–Crippen MR) is 150 cm³/mol. The Morgan fingerprint density at radius 2 is 1.98 bits per heavy atom. The van der Waals surface area contributed by atoms with Crippen molar-refractivity contribution < 1.29 is 14.0 Å². The molecule has 2 N–H and O–H groups in total. The molecule has 1 aromatic carbocycles. The SMILES string of the molecule is C/C(=N\O)N(C)CCN1CCc2nc(Nc3ncc(F)c(-c4cc(F)c5nc(C)n(C(C)C)c5c4)n3)ccc2C1.